The molecular formula is C40H32N2O4. The summed E-state index contributed by atoms with van der Waals surface area (Å²) in [4.78, 5) is 28.6. The van der Waals surface area contributed by atoms with Crippen LogP contribution in [0, 0.1) is 0 Å². The number of carbonyl (C=O) groups is 2. The van der Waals surface area contributed by atoms with Gasteiger partial charge in [-0.2, -0.15) is 0 Å². The van der Waals surface area contributed by atoms with Crippen LogP contribution in [-0.2, 0) is 0 Å². The maximum absolute atomic E-state index is 14.3. The van der Waals surface area contributed by atoms with Gasteiger partial charge in [-0.3, -0.25) is 9.59 Å². The first-order chi connectivity index (χ1) is 22.5. The molecular weight excluding hydrogens is 572 g/mol. The average molecular weight is 605 g/mol. The van der Waals surface area contributed by atoms with E-state index in [2.05, 4.69) is 17.2 Å². The van der Waals surface area contributed by atoms with Crippen LogP contribution in [0.4, 0.5) is 0 Å². The predicted octanol–water partition coefficient (Wildman–Crippen LogP) is 7.96. The van der Waals surface area contributed by atoms with E-state index in [1.54, 1.807) is 0 Å². The van der Waals surface area contributed by atoms with Gasteiger partial charge >= 0.3 is 0 Å². The maximum Gasteiger partial charge on any atom is 0.255 e. The summed E-state index contributed by atoms with van der Waals surface area (Å²) in [6.45, 7) is 4.42. The van der Waals surface area contributed by atoms with Gasteiger partial charge in [0.05, 0.1) is 23.2 Å². The lowest BCUT2D eigenvalue weighted by Crippen LogP contribution is -2.41. The van der Waals surface area contributed by atoms with Gasteiger partial charge < -0.3 is 20.1 Å². The second-order valence-electron chi connectivity index (χ2n) is 11.4. The Hall–Kier alpha value is -5.88. The molecule has 6 nitrogen and oxygen atoms in total. The zero-order chi connectivity index (χ0) is 31.5. The van der Waals surface area contributed by atoms with Crippen LogP contribution in [0.25, 0.3) is 21.5 Å². The van der Waals surface area contributed by atoms with E-state index in [9.17, 15) is 9.59 Å². The van der Waals surface area contributed by atoms with Crippen molar-refractivity contribution < 1.29 is 19.1 Å². The average Bonchev–Trinajstić information content (AvgIpc) is 3.10. The summed E-state index contributed by atoms with van der Waals surface area (Å²) in [5.41, 5.74) is 3.09. The van der Waals surface area contributed by atoms with E-state index in [-0.39, 0.29) is 25.0 Å². The number of nitrogens with one attached hydrogen (secondary N) is 2. The van der Waals surface area contributed by atoms with Crippen molar-refractivity contribution in [3.8, 4) is 11.5 Å². The molecule has 46 heavy (non-hydrogen) atoms. The third kappa shape index (κ3) is 5.93. The molecule has 0 spiro atoms. The van der Waals surface area contributed by atoms with Crippen LogP contribution in [-0.4, -0.2) is 25.0 Å². The lowest BCUT2D eigenvalue weighted by atomic mass is 9.92. The number of benzene rings is 6. The molecule has 6 aromatic carbocycles. The van der Waals surface area contributed by atoms with Crippen LogP contribution >= 0.6 is 0 Å². The predicted molar refractivity (Wildman–Crippen MR) is 181 cm³/mol. The van der Waals surface area contributed by atoms with Gasteiger partial charge in [0.25, 0.3) is 11.8 Å². The summed E-state index contributed by atoms with van der Waals surface area (Å²) in [6, 6.07) is 41.2. The van der Waals surface area contributed by atoms with Crippen molar-refractivity contribution in [1.29, 1.82) is 0 Å². The summed E-state index contributed by atoms with van der Waals surface area (Å²) < 4.78 is 12.5. The second kappa shape index (κ2) is 12.6. The normalized spacial score (nSPS) is 17.3. The van der Waals surface area contributed by atoms with E-state index in [0.717, 1.165) is 32.7 Å². The first kappa shape index (κ1) is 28.9. The topological polar surface area (TPSA) is 76.7 Å². The Balaban J connectivity index is 1.40. The Morgan fingerprint density at radius 3 is 1.24 bits per heavy atom. The number of rotatable bonds is 2. The van der Waals surface area contributed by atoms with Gasteiger partial charge in [-0.1, -0.05) is 116 Å². The molecule has 0 saturated carbocycles. The van der Waals surface area contributed by atoms with Gasteiger partial charge in [0.2, 0.25) is 0 Å². The zero-order valence-corrected chi connectivity index (χ0v) is 25.1. The van der Waals surface area contributed by atoms with E-state index >= 15 is 0 Å². The molecule has 0 radical (unpaired) electrons. The van der Waals surface area contributed by atoms with Crippen LogP contribution in [0.5, 0.6) is 11.5 Å². The molecule has 1 heterocycles. The minimum Gasteiger partial charge on any atom is -0.488 e. The van der Waals surface area contributed by atoms with Crippen molar-refractivity contribution in [3.05, 3.63) is 168 Å². The lowest BCUT2D eigenvalue weighted by Gasteiger charge is -2.30. The molecule has 1 aliphatic heterocycles. The van der Waals surface area contributed by atoms with E-state index < -0.39 is 12.1 Å². The molecule has 2 N–H and O–H groups in total. The smallest absolute Gasteiger partial charge is 0.255 e. The molecule has 2 atom stereocenters. The molecule has 226 valence electrons. The lowest BCUT2D eigenvalue weighted by molar-refractivity contribution is 0.0878. The fraction of sp³-hybridized carbons (Fsp3) is 0.100. The summed E-state index contributed by atoms with van der Waals surface area (Å²) in [7, 11) is 0. The molecule has 0 fully saturated rings. The highest BCUT2D eigenvalue weighted by Gasteiger charge is 2.31. The first-order valence-corrected chi connectivity index (χ1v) is 15.2. The van der Waals surface area contributed by atoms with Gasteiger partial charge in [-0.05, 0) is 62.5 Å². The van der Waals surface area contributed by atoms with Crippen LogP contribution in [0.15, 0.2) is 146 Å². The number of amides is 2. The van der Waals surface area contributed by atoms with Gasteiger partial charge in [0.1, 0.15) is 24.7 Å². The largest absolute Gasteiger partial charge is 0.488 e. The maximum atomic E-state index is 14.3. The SMILES string of the molecule is C=C1COc2cc3ccccc3cc2C(=O)N[C@H](c2ccccc2)[C@@H](c2ccccc2)NC(=O)c2cc3ccccc3cc2OC1. The van der Waals surface area contributed by atoms with E-state index in [1.165, 1.54) is 0 Å². The summed E-state index contributed by atoms with van der Waals surface area (Å²) in [5.74, 6) is 0.220. The number of fused-ring (bicyclic) bond motifs is 4. The zero-order valence-electron chi connectivity index (χ0n) is 25.1. The van der Waals surface area contributed by atoms with Crippen molar-refractivity contribution in [2.24, 2.45) is 0 Å². The molecule has 0 aromatic heterocycles. The summed E-state index contributed by atoms with van der Waals surface area (Å²) in [5, 5.41) is 10.3. The van der Waals surface area contributed by atoms with Gasteiger partial charge in [0, 0.05) is 0 Å². The van der Waals surface area contributed by atoms with E-state index in [4.69, 9.17) is 9.47 Å². The van der Waals surface area contributed by atoms with Gasteiger partial charge in [-0.15, -0.1) is 0 Å². The highest BCUT2D eigenvalue weighted by atomic mass is 16.5. The molecule has 0 unspecified atom stereocenters. The Bertz CT molecular complexity index is 1930. The first-order valence-electron chi connectivity index (χ1n) is 15.2. The number of carbonyl (C=O) groups excluding carboxylic acids is 2. The Morgan fingerprint density at radius 2 is 0.848 bits per heavy atom. The standard InChI is InChI=1S/C40H32N2O4/c1-26-24-45-35-22-31-18-10-8-16-29(31)20-33(35)39(43)41-37(27-12-4-2-5-13-27)38(28-14-6-3-7-15-28)42-40(44)34-21-30-17-9-11-19-32(30)23-36(34)46-25-26/h2-23,37-38H,1,24-25H2,(H,41,43)(H,42,44)/t37-,38-/m1/s1. The fourth-order valence-corrected chi connectivity index (χ4v) is 5.91. The molecule has 1 aliphatic rings. The molecule has 2 amide bonds. The van der Waals surface area contributed by atoms with Crippen molar-refractivity contribution in [2.75, 3.05) is 13.2 Å². The molecule has 7 rings (SSSR count). The Kier molecular flexibility index (Phi) is 7.92. The van der Waals surface area contributed by atoms with Gasteiger partial charge in [-0.25, -0.2) is 0 Å². The number of hydrogen-bond acceptors (Lipinski definition) is 4. The molecule has 0 saturated heterocycles. The molecule has 6 aromatic rings. The van der Waals surface area contributed by atoms with Crippen LogP contribution in [0.3, 0.4) is 0 Å². The van der Waals surface area contributed by atoms with Crippen LogP contribution in [0.2, 0.25) is 0 Å². The molecule has 6 heteroatoms. The highest BCUT2D eigenvalue weighted by Crippen LogP contribution is 2.34. The van der Waals surface area contributed by atoms with Crippen LogP contribution in [0.1, 0.15) is 43.9 Å². The molecule has 0 aliphatic carbocycles. The van der Waals surface area contributed by atoms with E-state index in [0.29, 0.717) is 28.2 Å². The number of hydrogen-bond donors (Lipinski definition) is 2. The quantitative estimate of drug-likeness (QED) is 0.197. The summed E-state index contributed by atoms with van der Waals surface area (Å²) in [6.07, 6.45) is 0. The van der Waals surface area contributed by atoms with Crippen molar-refractivity contribution in [2.45, 2.75) is 12.1 Å². The highest BCUT2D eigenvalue weighted by molar-refractivity contribution is 6.03. The van der Waals surface area contributed by atoms with Crippen molar-refractivity contribution >= 4 is 33.4 Å². The van der Waals surface area contributed by atoms with Crippen molar-refractivity contribution in [3.63, 3.8) is 0 Å². The van der Waals surface area contributed by atoms with Crippen molar-refractivity contribution in [1.82, 2.24) is 10.6 Å². The van der Waals surface area contributed by atoms with Crippen LogP contribution < -0.4 is 20.1 Å². The number of ether oxygens (including phenoxy) is 2. The monoisotopic (exact) mass is 604 g/mol. The third-order valence-electron chi connectivity index (χ3n) is 8.27. The third-order valence-corrected chi connectivity index (χ3v) is 8.27. The summed E-state index contributed by atoms with van der Waals surface area (Å²) >= 11 is 0. The fourth-order valence-electron chi connectivity index (χ4n) is 5.91. The Labute approximate surface area is 267 Å². The Morgan fingerprint density at radius 1 is 0.500 bits per heavy atom. The van der Waals surface area contributed by atoms with Gasteiger partial charge in [0.15, 0.2) is 0 Å². The second-order valence-corrected chi connectivity index (χ2v) is 11.4. The molecule has 0 bridgehead atoms. The minimum atomic E-state index is -0.635. The minimum absolute atomic E-state index is 0.127. The van der Waals surface area contributed by atoms with E-state index in [1.807, 2.05) is 133 Å².